The Balaban J connectivity index is 2.23. The van der Waals surface area contributed by atoms with E-state index in [4.69, 9.17) is 4.74 Å². The number of carbonyl (C=O) groups is 1. The smallest absolute Gasteiger partial charge is 0.422 e. The number of alkyl halides is 3. The van der Waals surface area contributed by atoms with Crippen molar-refractivity contribution in [2.45, 2.75) is 11.1 Å². The first-order chi connectivity index (χ1) is 9.42. The van der Waals surface area contributed by atoms with Gasteiger partial charge in [-0.1, -0.05) is 12.1 Å². The van der Waals surface area contributed by atoms with Crippen LogP contribution in [0.2, 0.25) is 0 Å². The van der Waals surface area contributed by atoms with Crippen molar-refractivity contribution in [1.29, 1.82) is 0 Å². The topological polar surface area (TPSA) is 47.6 Å². The van der Waals surface area contributed by atoms with Gasteiger partial charge in [-0.15, -0.1) is 11.8 Å². The van der Waals surface area contributed by atoms with E-state index in [-0.39, 0.29) is 6.54 Å². The first-order valence-corrected chi connectivity index (χ1v) is 6.64. The number of alkyl carbamates (subject to hydrolysis) is 1. The number of carbonyl (C=O) groups excluding carboxylic acids is 1. The highest BCUT2D eigenvalue weighted by Gasteiger charge is 2.29. The molecule has 0 saturated carbocycles. The van der Waals surface area contributed by atoms with Crippen LogP contribution in [0.1, 0.15) is 0 Å². The van der Waals surface area contributed by atoms with E-state index in [1.54, 1.807) is 13.2 Å². The maximum atomic E-state index is 11.8. The molecule has 1 aromatic carbocycles. The number of halogens is 3. The lowest BCUT2D eigenvalue weighted by atomic mass is 10.3. The predicted molar refractivity (Wildman–Crippen MR) is 69.1 cm³/mol. The summed E-state index contributed by atoms with van der Waals surface area (Å²) in [7, 11) is 1.55. The van der Waals surface area contributed by atoms with Gasteiger partial charge in [-0.2, -0.15) is 13.2 Å². The normalized spacial score (nSPS) is 11.0. The van der Waals surface area contributed by atoms with Crippen LogP contribution in [-0.2, 0) is 4.74 Å². The van der Waals surface area contributed by atoms with E-state index >= 15 is 0 Å². The summed E-state index contributed by atoms with van der Waals surface area (Å²) in [6.45, 7) is -1.39. The number of ether oxygens (including phenoxy) is 2. The summed E-state index contributed by atoms with van der Waals surface area (Å²) in [5.41, 5.74) is 0. The SMILES string of the molecule is COc1ccccc1SCCNC(=O)OCC(F)(F)F. The molecule has 4 nitrogen and oxygen atoms in total. The number of hydrogen-bond acceptors (Lipinski definition) is 4. The molecular formula is C12H14F3NO3S. The van der Waals surface area contributed by atoms with Crippen LogP contribution in [0.5, 0.6) is 5.75 Å². The van der Waals surface area contributed by atoms with Gasteiger partial charge in [-0.25, -0.2) is 4.79 Å². The van der Waals surface area contributed by atoms with E-state index in [0.717, 1.165) is 4.90 Å². The van der Waals surface area contributed by atoms with Gasteiger partial charge in [0.05, 0.1) is 7.11 Å². The van der Waals surface area contributed by atoms with Crippen molar-refractivity contribution in [2.24, 2.45) is 0 Å². The molecule has 112 valence electrons. The molecule has 0 unspecified atom stereocenters. The number of methoxy groups -OCH3 is 1. The number of benzene rings is 1. The molecule has 0 aliphatic rings. The molecule has 8 heteroatoms. The Labute approximate surface area is 118 Å². The molecule has 1 rings (SSSR count). The highest BCUT2D eigenvalue weighted by atomic mass is 32.2. The van der Waals surface area contributed by atoms with Crippen LogP contribution in [0.4, 0.5) is 18.0 Å². The second-order valence-electron chi connectivity index (χ2n) is 3.62. The average molecular weight is 309 g/mol. The number of rotatable bonds is 6. The number of hydrogen-bond donors (Lipinski definition) is 1. The molecule has 0 aromatic heterocycles. The van der Waals surface area contributed by atoms with Crippen LogP contribution < -0.4 is 10.1 Å². The third-order valence-electron chi connectivity index (χ3n) is 2.06. The van der Waals surface area contributed by atoms with Crippen molar-refractivity contribution < 1.29 is 27.4 Å². The molecular weight excluding hydrogens is 295 g/mol. The molecule has 0 heterocycles. The lowest BCUT2D eigenvalue weighted by Crippen LogP contribution is -2.30. The minimum atomic E-state index is -4.51. The third kappa shape index (κ3) is 6.55. The molecule has 0 aliphatic heterocycles. The fourth-order valence-corrected chi connectivity index (χ4v) is 2.14. The zero-order valence-corrected chi connectivity index (χ0v) is 11.5. The van der Waals surface area contributed by atoms with Gasteiger partial charge in [-0.3, -0.25) is 0 Å². The van der Waals surface area contributed by atoms with Crippen molar-refractivity contribution in [3.8, 4) is 5.75 Å². The summed E-state index contributed by atoms with van der Waals surface area (Å²) in [4.78, 5) is 11.8. The molecule has 1 amide bonds. The largest absolute Gasteiger partial charge is 0.496 e. The molecule has 0 atom stereocenters. The van der Waals surface area contributed by atoms with Crippen LogP contribution in [0.25, 0.3) is 0 Å². The van der Waals surface area contributed by atoms with E-state index in [2.05, 4.69) is 10.1 Å². The van der Waals surface area contributed by atoms with E-state index in [1.165, 1.54) is 11.8 Å². The van der Waals surface area contributed by atoms with Gasteiger partial charge in [0.15, 0.2) is 6.61 Å². The van der Waals surface area contributed by atoms with Gasteiger partial charge in [0.25, 0.3) is 0 Å². The van der Waals surface area contributed by atoms with Crippen LogP contribution in [0.15, 0.2) is 29.2 Å². The highest BCUT2D eigenvalue weighted by Crippen LogP contribution is 2.28. The van der Waals surface area contributed by atoms with Gasteiger partial charge in [0.1, 0.15) is 5.75 Å². The monoisotopic (exact) mass is 309 g/mol. The third-order valence-corrected chi connectivity index (χ3v) is 3.12. The molecule has 1 aromatic rings. The van der Waals surface area contributed by atoms with Crippen LogP contribution in [0, 0.1) is 0 Å². The highest BCUT2D eigenvalue weighted by molar-refractivity contribution is 7.99. The first kappa shape index (κ1) is 16.5. The Bertz CT molecular complexity index is 440. The van der Waals surface area contributed by atoms with Gasteiger partial charge >= 0.3 is 12.3 Å². The zero-order chi connectivity index (χ0) is 15.0. The number of para-hydroxylation sites is 1. The maximum absolute atomic E-state index is 11.8. The average Bonchev–Trinajstić information content (AvgIpc) is 2.41. The summed E-state index contributed by atoms with van der Waals surface area (Å²) >= 11 is 1.42. The van der Waals surface area contributed by atoms with Crippen molar-refractivity contribution in [1.82, 2.24) is 5.32 Å². The summed E-state index contributed by atoms with van der Waals surface area (Å²) in [5, 5.41) is 2.24. The van der Waals surface area contributed by atoms with Crippen LogP contribution in [0.3, 0.4) is 0 Å². The second kappa shape index (κ2) is 7.88. The van der Waals surface area contributed by atoms with E-state index in [0.29, 0.717) is 11.5 Å². The van der Waals surface area contributed by atoms with Crippen LogP contribution in [-0.4, -0.2) is 38.3 Å². The van der Waals surface area contributed by atoms with Crippen molar-refractivity contribution in [2.75, 3.05) is 26.0 Å². The lowest BCUT2D eigenvalue weighted by Gasteiger charge is -2.10. The van der Waals surface area contributed by atoms with E-state index in [1.807, 2.05) is 18.2 Å². The number of amides is 1. The fraction of sp³-hybridized carbons (Fsp3) is 0.417. The number of thioether (sulfide) groups is 1. The Morgan fingerprint density at radius 3 is 2.70 bits per heavy atom. The maximum Gasteiger partial charge on any atom is 0.422 e. The van der Waals surface area contributed by atoms with Crippen molar-refractivity contribution in [3.63, 3.8) is 0 Å². The van der Waals surface area contributed by atoms with E-state index in [9.17, 15) is 18.0 Å². The summed E-state index contributed by atoms with van der Waals surface area (Å²) in [6, 6.07) is 7.32. The quantitative estimate of drug-likeness (QED) is 0.648. The number of nitrogens with one attached hydrogen (secondary N) is 1. The predicted octanol–water partition coefficient (Wildman–Crippen LogP) is 3.08. The van der Waals surface area contributed by atoms with Gasteiger partial charge in [0, 0.05) is 17.2 Å². The first-order valence-electron chi connectivity index (χ1n) is 5.65. The Morgan fingerprint density at radius 2 is 2.05 bits per heavy atom. The van der Waals surface area contributed by atoms with Crippen molar-refractivity contribution in [3.05, 3.63) is 24.3 Å². The fourth-order valence-electron chi connectivity index (χ4n) is 1.25. The molecule has 0 radical (unpaired) electrons. The second-order valence-corrected chi connectivity index (χ2v) is 4.75. The van der Waals surface area contributed by atoms with Gasteiger partial charge in [0.2, 0.25) is 0 Å². The Kier molecular flexibility index (Phi) is 6.50. The standard InChI is InChI=1S/C12H14F3NO3S/c1-18-9-4-2-3-5-10(9)20-7-6-16-11(17)19-8-12(13,14)15/h2-5H,6-8H2,1H3,(H,16,17). The minimum Gasteiger partial charge on any atom is -0.496 e. The molecule has 0 saturated heterocycles. The lowest BCUT2D eigenvalue weighted by molar-refractivity contribution is -0.160. The molecule has 0 fully saturated rings. The molecule has 0 aliphatic carbocycles. The molecule has 1 N–H and O–H groups in total. The zero-order valence-electron chi connectivity index (χ0n) is 10.7. The molecule has 20 heavy (non-hydrogen) atoms. The summed E-state index contributed by atoms with van der Waals surface area (Å²) in [6.07, 6.45) is -5.59. The van der Waals surface area contributed by atoms with Crippen molar-refractivity contribution >= 4 is 17.9 Å². The Hall–Kier alpha value is -1.57. The van der Waals surface area contributed by atoms with E-state index < -0.39 is 18.9 Å². The van der Waals surface area contributed by atoms with Gasteiger partial charge in [-0.05, 0) is 12.1 Å². The van der Waals surface area contributed by atoms with Gasteiger partial charge < -0.3 is 14.8 Å². The Morgan fingerprint density at radius 1 is 1.35 bits per heavy atom. The summed E-state index contributed by atoms with van der Waals surface area (Å²) < 4.78 is 44.5. The molecule has 0 bridgehead atoms. The minimum absolute atomic E-state index is 0.194. The van der Waals surface area contributed by atoms with Crippen LogP contribution >= 0.6 is 11.8 Å². The molecule has 0 spiro atoms. The summed E-state index contributed by atoms with van der Waals surface area (Å²) in [5.74, 6) is 1.19.